The average Bonchev–Trinajstić information content (AvgIpc) is 3.38. The summed E-state index contributed by atoms with van der Waals surface area (Å²) in [5.41, 5.74) is 1.15. The van der Waals surface area contributed by atoms with Crippen LogP contribution in [0, 0.1) is 3.57 Å². The fourth-order valence-electron chi connectivity index (χ4n) is 7.80. The molecule has 22 heteroatoms. The van der Waals surface area contributed by atoms with E-state index in [2.05, 4.69) is 21.3 Å². The summed E-state index contributed by atoms with van der Waals surface area (Å²) in [5.74, 6) is -7.26. The van der Waals surface area contributed by atoms with Gasteiger partial charge in [-0.25, -0.2) is 4.79 Å². The van der Waals surface area contributed by atoms with E-state index in [-0.39, 0.29) is 96.1 Å². The zero-order chi connectivity index (χ0) is 50.7. The lowest BCUT2D eigenvalue weighted by molar-refractivity contribution is -0.145. The second-order valence-corrected chi connectivity index (χ2v) is 18.2. The van der Waals surface area contributed by atoms with Crippen LogP contribution in [0.3, 0.4) is 0 Å². The molecule has 0 bridgehead atoms. The molecule has 380 valence electrons. The summed E-state index contributed by atoms with van der Waals surface area (Å²) < 4.78 is 0.454. The molecule has 2 aromatic carbocycles. The summed E-state index contributed by atoms with van der Waals surface area (Å²) in [5, 5.41) is 60.2. The Hall–Kier alpha value is -5.72. The summed E-state index contributed by atoms with van der Waals surface area (Å²) in [4.78, 5) is 118. The third-order valence-corrected chi connectivity index (χ3v) is 12.4. The van der Waals surface area contributed by atoms with Crippen LogP contribution in [-0.2, 0) is 56.0 Å². The molecule has 4 atom stereocenters. The number of halogens is 1. The molecule has 0 spiro atoms. The molecule has 1 heterocycles. The Morgan fingerprint density at radius 2 is 1.19 bits per heavy atom. The lowest BCUT2D eigenvalue weighted by Gasteiger charge is -2.30. The molecule has 0 radical (unpaired) electrons. The quantitative estimate of drug-likeness (QED) is 0.0293. The summed E-state index contributed by atoms with van der Waals surface area (Å²) in [6.45, 7) is 0.624. The third kappa shape index (κ3) is 23.0. The van der Waals surface area contributed by atoms with Crippen molar-refractivity contribution in [1.29, 1.82) is 0 Å². The van der Waals surface area contributed by atoms with Crippen LogP contribution >= 0.6 is 22.6 Å². The number of phenolic OH excluding ortho intramolecular Hbond substituents is 1. The first kappa shape index (κ1) is 57.6. The maximum Gasteiger partial charge on any atom is 0.326 e. The largest absolute Gasteiger partial charge is 0.507 e. The van der Waals surface area contributed by atoms with E-state index in [1.54, 1.807) is 57.2 Å². The molecule has 0 aliphatic carbocycles. The number of nitrogens with one attached hydrogen (secondary N) is 4. The highest BCUT2D eigenvalue weighted by molar-refractivity contribution is 14.1. The molecule has 21 nitrogen and oxygen atoms in total. The summed E-state index contributed by atoms with van der Waals surface area (Å²) in [7, 11) is 0. The van der Waals surface area contributed by atoms with Crippen LogP contribution in [0.5, 0.6) is 5.75 Å². The molecule has 1 fully saturated rings. The molecule has 69 heavy (non-hydrogen) atoms. The van der Waals surface area contributed by atoms with Gasteiger partial charge in [-0.05, 0) is 84.4 Å². The van der Waals surface area contributed by atoms with Crippen molar-refractivity contribution in [2.45, 2.75) is 108 Å². The van der Waals surface area contributed by atoms with E-state index in [9.17, 15) is 68.7 Å². The summed E-state index contributed by atoms with van der Waals surface area (Å²) in [6.07, 6.45) is 4.85. The van der Waals surface area contributed by atoms with Crippen LogP contribution in [-0.4, -0.2) is 177 Å². The van der Waals surface area contributed by atoms with Gasteiger partial charge < -0.3 is 51.6 Å². The Morgan fingerprint density at radius 3 is 1.77 bits per heavy atom. The first-order chi connectivity index (χ1) is 32.9. The standard InChI is InChI=1S/C47H66IN7O14/c48-34-27-33(15-17-39(34)57)29-36(50-41(59)18-16-38(47(68)69)55-24-22-53(30-42(60)61)20-21-54(23-25-55)31-43(62)63)44(64)52-37(28-32-11-5-4-6-12-32)45(65)51-35(46(66)67)13-8-9-19-49-40(58)14-7-2-1-3-10-26-56/h4-6,11-12,15,17,26-27,35-38,57H,1-3,7-10,13-14,16,18-25,28-31H2,(H,49,58)(H,50,59)(H,51,65)(H,52,64)(H,60,61)(H,62,63)(H,66,67)(H,68,69). The molecule has 3 rings (SSSR count). The van der Waals surface area contributed by atoms with Crippen LogP contribution in [0.1, 0.15) is 81.8 Å². The normalized spacial score (nSPS) is 15.4. The molecule has 1 aliphatic rings. The molecule has 0 saturated carbocycles. The number of carboxylic acids is 4. The molecular weight excluding hydrogens is 1010 g/mol. The molecule has 0 aromatic heterocycles. The van der Waals surface area contributed by atoms with E-state index in [4.69, 9.17) is 0 Å². The van der Waals surface area contributed by atoms with Crippen molar-refractivity contribution in [2.24, 2.45) is 0 Å². The molecular formula is C47H66IN7O14. The zero-order valence-corrected chi connectivity index (χ0v) is 40.8. The van der Waals surface area contributed by atoms with Gasteiger partial charge in [0.1, 0.15) is 36.2 Å². The minimum atomic E-state index is -1.35. The SMILES string of the molecule is O=CCCCCCCC(=O)NCCCCC(NC(=O)C(Cc1ccccc1)NC(=O)C(Cc1ccc(O)c(I)c1)NC(=O)CCC(C(=O)O)N1CCN(CC(=O)O)CCN(CC(=O)O)CC1)C(=O)O. The van der Waals surface area contributed by atoms with Crippen LogP contribution < -0.4 is 21.3 Å². The van der Waals surface area contributed by atoms with Gasteiger partial charge >= 0.3 is 23.9 Å². The fraction of sp³-hybridized carbons (Fsp3) is 0.553. The monoisotopic (exact) mass is 1080 g/mol. The number of aliphatic carboxylic acids is 4. The number of carboxylic acid groups (broad SMARTS) is 4. The second-order valence-electron chi connectivity index (χ2n) is 17.0. The predicted molar refractivity (Wildman–Crippen MR) is 259 cm³/mol. The Bertz CT molecular complexity index is 2000. The lowest BCUT2D eigenvalue weighted by Crippen LogP contribution is -2.57. The van der Waals surface area contributed by atoms with Gasteiger partial charge in [-0.1, -0.05) is 49.2 Å². The van der Waals surface area contributed by atoms with E-state index >= 15 is 0 Å². The Morgan fingerprint density at radius 1 is 0.609 bits per heavy atom. The topological polar surface area (TPSA) is 313 Å². The van der Waals surface area contributed by atoms with Crippen LogP contribution in [0.4, 0.5) is 0 Å². The first-order valence-electron chi connectivity index (χ1n) is 23.1. The van der Waals surface area contributed by atoms with Gasteiger partial charge in [0.05, 0.1) is 16.7 Å². The van der Waals surface area contributed by atoms with Crippen molar-refractivity contribution < 1.29 is 68.7 Å². The Balaban J connectivity index is 1.76. The number of benzene rings is 2. The minimum absolute atomic E-state index is 0.0202. The number of carbonyl (C=O) groups excluding carboxylic acids is 5. The number of unbranched alkanes of at least 4 members (excludes halogenated alkanes) is 5. The van der Waals surface area contributed by atoms with Crippen LogP contribution in [0.15, 0.2) is 48.5 Å². The van der Waals surface area contributed by atoms with Crippen LogP contribution in [0.25, 0.3) is 0 Å². The van der Waals surface area contributed by atoms with E-state index in [0.717, 1.165) is 25.5 Å². The highest BCUT2D eigenvalue weighted by atomic mass is 127. The Labute approximate surface area is 414 Å². The van der Waals surface area contributed by atoms with Gasteiger partial charge in [-0.3, -0.25) is 48.3 Å². The van der Waals surface area contributed by atoms with E-state index in [0.29, 0.717) is 53.3 Å². The number of aldehydes is 1. The first-order valence-corrected chi connectivity index (χ1v) is 24.2. The molecule has 4 amide bonds. The lowest BCUT2D eigenvalue weighted by atomic mass is 10.0. The van der Waals surface area contributed by atoms with Crippen molar-refractivity contribution >= 4 is 76.4 Å². The number of phenols is 1. The number of hydrogen-bond acceptors (Lipinski definition) is 13. The minimum Gasteiger partial charge on any atom is -0.507 e. The van der Waals surface area contributed by atoms with Crippen LogP contribution in [0.2, 0.25) is 0 Å². The number of carbonyl (C=O) groups is 9. The van der Waals surface area contributed by atoms with Crippen molar-refractivity contribution in [2.75, 3.05) is 58.9 Å². The molecule has 1 saturated heterocycles. The van der Waals surface area contributed by atoms with Gasteiger partial charge in [0.2, 0.25) is 23.6 Å². The summed E-state index contributed by atoms with van der Waals surface area (Å²) in [6, 6.07) is 7.97. The van der Waals surface area contributed by atoms with Gasteiger partial charge in [-0.2, -0.15) is 0 Å². The van der Waals surface area contributed by atoms with Crippen molar-refractivity contribution in [3.05, 3.63) is 63.2 Å². The number of hydrogen-bond donors (Lipinski definition) is 9. The smallest absolute Gasteiger partial charge is 0.326 e. The highest BCUT2D eigenvalue weighted by Crippen LogP contribution is 2.21. The fourth-order valence-corrected chi connectivity index (χ4v) is 8.38. The van der Waals surface area contributed by atoms with Gasteiger partial charge in [0, 0.05) is 77.9 Å². The van der Waals surface area contributed by atoms with Crippen molar-refractivity contribution in [3.63, 3.8) is 0 Å². The van der Waals surface area contributed by atoms with Gasteiger partial charge in [0.15, 0.2) is 0 Å². The number of nitrogens with zero attached hydrogens (tertiary/aromatic N) is 3. The average molecular weight is 1080 g/mol. The number of aromatic hydroxyl groups is 1. The molecule has 9 N–H and O–H groups in total. The van der Waals surface area contributed by atoms with Gasteiger partial charge in [-0.15, -0.1) is 0 Å². The number of amides is 4. The second kappa shape index (κ2) is 31.4. The maximum atomic E-state index is 14.3. The van der Waals surface area contributed by atoms with E-state index < -0.39 is 65.8 Å². The summed E-state index contributed by atoms with van der Waals surface area (Å²) >= 11 is 1.90. The predicted octanol–water partition coefficient (Wildman–Crippen LogP) is 1.47. The number of rotatable bonds is 31. The molecule has 1 aliphatic heterocycles. The molecule has 2 aromatic rings. The van der Waals surface area contributed by atoms with Crippen molar-refractivity contribution in [3.8, 4) is 5.75 Å². The molecule has 4 unspecified atom stereocenters. The maximum absolute atomic E-state index is 14.3. The highest BCUT2D eigenvalue weighted by Gasteiger charge is 2.32. The van der Waals surface area contributed by atoms with Crippen molar-refractivity contribution in [1.82, 2.24) is 36.0 Å². The Kier molecular flexibility index (Phi) is 26.2. The van der Waals surface area contributed by atoms with E-state index in [1.807, 2.05) is 22.6 Å². The third-order valence-electron chi connectivity index (χ3n) is 11.6. The van der Waals surface area contributed by atoms with Gasteiger partial charge in [0.25, 0.3) is 0 Å². The zero-order valence-electron chi connectivity index (χ0n) is 38.7. The van der Waals surface area contributed by atoms with E-state index in [1.165, 1.54) is 6.07 Å².